The zero-order valence-electron chi connectivity index (χ0n) is 21.1. The van der Waals surface area contributed by atoms with E-state index in [1.807, 2.05) is 0 Å². The Morgan fingerprint density at radius 1 is 1.00 bits per heavy atom. The Balaban J connectivity index is 1.51. The predicted octanol–water partition coefficient (Wildman–Crippen LogP) is 5.99. The average Bonchev–Trinajstić information content (AvgIpc) is 3.04. The summed E-state index contributed by atoms with van der Waals surface area (Å²) in [5.74, 6) is 4.23. The van der Waals surface area contributed by atoms with Crippen LogP contribution in [-0.4, -0.2) is 29.1 Å². The monoisotopic (exact) mass is 431 g/mol. The highest BCUT2D eigenvalue weighted by atomic mass is 16.3. The third-order valence-corrected chi connectivity index (χ3v) is 11.0. The number of carbonyl (C=O) groups excluding carboxylic acids is 1. The fourth-order valence-corrected chi connectivity index (χ4v) is 9.45. The molecule has 0 bridgehead atoms. The van der Waals surface area contributed by atoms with Gasteiger partial charge in [-0.15, -0.1) is 0 Å². The molecule has 4 saturated carbocycles. The van der Waals surface area contributed by atoms with Gasteiger partial charge in [0.25, 0.3) is 0 Å². The quantitative estimate of drug-likeness (QED) is 0.543. The number of Topliss-reactive ketones (excluding diaryl/α,β-unsaturated/α-hetero) is 1. The van der Waals surface area contributed by atoms with E-state index >= 15 is 0 Å². The van der Waals surface area contributed by atoms with Gasteiger partial charge in [-0.2, -0.15) is 0 Å². The van der Waals surface area contributed by atoms with Crippen molar-refractivity contribution in [3.05, 3.63) is 0 Å². The van der Waals surface area contributed by atoms with Crippen LogP contribution in [-0.2, 0) is 4.79 Å². The van der Waals surface area contributed by atoms with Gasteiger partial charge < -0.3 is 15.2 Å². The minimum absolute atomic E-state index is 0.114. The summed E-state index contributed by atoms with van der Waals surface area (Å²) in [6.07, 6.45) is 11.8. The van der Waals surface area contributed by atoms with Crippen molar-refractivity contribution in [2.75, 3.05) is 0 Å². The van der Waals surface area contributed by atoms with Crippen LogP contribution in [0.5, 0.6) is 0 Å². The van der Waals surface area contributed by atoms with Crippen molar-refractivity contribution in [1.29, 1.82) is 0 Å². The summed E-state index contributed by atoms with van der Waals surface area (Å²) in [5, 5.41) is 15.3. The lowest BCUT2D eigenvalue weighted by molar-refractivity contribution is -0.167. The first kappa shape index (κ1) is 23.7. The Morgan fingerprint density at radius 2 is 1.68 bits per heavy atom. The zero-order valence-corrected chi connectivity index (χ0v) is 21.1. The van der Waals surface area contributed by atoms with Crippen LogP contribution in [0.4, 0.5) is 0 Å². The molecule has 0 amide bonds. The van der Waals surface area contributed by atoms with Crippen LogP contribution in [0.2, 0.25) is 0 Å². The first-order valence-electron chi connectivity index (χ1n) is 13.5. The first-order chi connectivity index (χ1) is 14.6. The standard InChI is InChI=1S/C28H49NO2/c1-17(2)29-21-11-13-27(5)20(15-21)16-25(31)26-23-10-9-22(18(3)7-8-19(4)30)28(23,6)14-12-24(26)27/h17-18,20-26,29,31H,7-16H2,1-6H3/t18-,20+,21?,22-,23+,24+,25?,26+,27+,28-/m1/s1. The molecule has 0 aromatic rings. The summed E-state index contributed by atoms with van der Waals surface area (Å²) in [5.41, 5.74) is 0.774. The average molecular weight is 432 g/mol. The second-order valence-corrected chi connectivity index (χ2v) is 13.0. The fourth-order valence-electron chi connectivity index (χ4n) is 9.45. The van der Waals surface area contributed by atoms with Gasteiger partial charge >= 0.3 is 0 Å². The number of aliphatic hydroxyl groups excluding tert-OH is 1. The second-order valence-electron chi connectivity index (χ2n) is 13.0. The van der Waals surface area contributed by atoms with E-state index in [-0.39, 0.29) is 6.10 Å². The number of rotatable bonds is 6. The minimum atomic E-state index is -0.114. The molecule has 4 fully saturated rings. The number of ketones is 1. The van der Waals surface area contributed by atoms with E-state index in [2.05, 4.69) is 39.9 Å². The van der Waals surface area contributed by atoms with E-state index in [9.17, 15) is 9.90 Å². The summed E-state index contributed by atoms with van der Waals surface area (Å²) in [7, 11) is 0. The third-order valence-electron chi connectivity index (χ3n) is 11.0. The third kappa shape index (κ3) is 4.16. The van der Waals surface area contributed by atoms with Crippen molar-refractivity contribution in [1.82, 2.24) is 5.32 Å². The SMILES string of the molecule is CC(=O)CC[C@@H](C)[C@H]1CC[C@H]2[C@@H]3C(O)C[C@@H]4CC(NC(C)C)CC[C@]4(C)[C@H]3CC[C@]12C. The number of hydrogen-bond acceptors (Lipinski definition) is 3. The Bertz CT molecular complexity index is 661. The maximum Gasteiger partial charge on any atom is 0.129 e. The summed E-state index contributed by atoms with van der Waals surface area (Å²) in [6, 6.07) is 1.18. The molecular formula is C28H49NO2. The fraction of sp³-hybridized carbons (Fsp3) is 0.964. The van der Waals surface area contributed by atoms with Crippen LogP contribution in [0.3, 0.4) is 0 Å². The molecule has 31 heavy (non-hydrogen) atoms. The normalized spacial score (nSPS) is 48.1. The number of aliphatic hydroxyl groups is 1. The molecule has 178 valence electrons. The molecule has 4 aliphatic rings. The molecule has 0 spiro atoms. The molecule has 0 heterocycles. The van der Waals surface area contributed by atoms with E-state index in [4.69, 9.17) is 0 Å². The highest BCUT2D eigenvalue weighted by Gasteiger charge is 2.62. The highest BCUT2D eigenvalue weighted by Crippen LogP contribution is 2.68. The van der Waals surface area contributed by atoms with E-state index in [1.54, 1.807) is 6.92 Å². The largest absolute Gasteiger partial charge is 0.393 e. The lowest BCUT2D eigenvalue weighted by Crippen LogP contribution is -2.59. The molecule has 4 rings (SSSR count). The van der Waals surface area contributed by atoms with Crippen molar-refractivity contribution in [2.24, 2.45) is 46.3 Å². The lowest BCUT2D eigenvalue weighted by Gasteiger charge is -2.62. The van der Waals surface area contributed by atoms with Gasteiger partial charge in [-0.3, -0.25) is 0 Å². The Labute approximate surface area is 191 Å². The Kier molecular flexibility index (Phi) is 6.70. The number of hydrogen-bond donors (Lipinski definition) is 2. The number of carbonyl (C=O) groups is 1. The molecule has 10 atom stereocenters. The molecule has 0 aromatic heterocycles. The van der Waals surface area contributed by atoms with Crippen molar-refractivity contribution in [3.63, 3.8) is 0 Å². The summed E-state index contributed by atoms with van der Waals surface area (Å²) < 4.78 is 0. The molecule has 0 radical (unpaired) electrons. The molecule has 0 saturated heterocycles. The van der Waals surface area contributed by atoms with Crippen LogP contribution < -0.4 is 5.32 Å². The van der Waals surface area contributed by atoms with Crippen LogP contribution in [0.1, 0.15) is 106 Å². The number of nitrogens with one attached hydrogen (secondary N) is 1. The lowest BCUT2D eigenvalue weighted by atomic mass is 9.43. The zero-order chi connectivity index (χ0) is 22.6. The van der Waals surface area contributed by atoms with Gasteiger partial charge in [-0.1, -0.05) is 34.6 Å². The highest BCUT2D eigenvalue weighted by molar-refractivity contribution is 5.75. The van der Waals surface area contributed by atoms with Gasteiger partial charge in [0.05, 0.1) is 6.10 Å². The van der Waals surface area contributed by atoms with Crippen LogP contribution in [0.25, 0.3) is 0 Å². The van der Waals surface area contributed by atoms with Crippen LogP contribution in [0.15, 0.2) is 0 Å². The van der Waals surface area contributed by atoms with Gasteiger partial charge in [0.2, 0.25) is 0 Å². The van der Waals surface area contributed by atoms with Crippen molar-refractivity contribution in [3.8, 4) is 0 Å². The molecule has 0 aromatic carbocycles. The van der Waals surface area contributed by atoms with Crippen LogP contribution >= 0.6 is 0 Å². The maximum absolute atomic E-state index is 11.6. The molecule has 4 aliphatic carbocycles. The van der Waals surface area contributed by atoms with Crippen molar-refractivity contribution < 1.29 is 9.90 Å². The predicted molar refractivity (Wildman–Crippen MR) is 128 cm³/mol. The smallest absolute Gasteiger partial charge is 0.129 e. The van der Waals surface area contributed by atoms with Gasteiger partial charge in [0.15, 0.2) is 0 Å². The van der Waals surface area contributed by atoms with E-state index in [1.165, 1.54) is 44.9 Å². The minimum Gasteiger partial charge on any atom is -0.393 e. The second kappa shape index (κ2) is 8.75. The molecular weight excluding hydrogens is 382 g/mol. The molecule has 0 aliphatic heterocycles. The van der Waals surface area contributed by atoms with Gasteiger partial charge in [0.1, 0.15) is 5.78 Å². The van der Waals surface area contributed by atoms with Crippen molar-refractivity contribution in [2.45, 2.75) is 124 Å². The van der Waals surface area contributed by atoms with Gasteiger partial charge in [-0.05, 0) is 111 Å². The van der Waals surface area contributed by atoms with E-state index in [0.29, 0.717) is 58.3 Å². The summed E-state index contributed by atoms with van der Waals surface area (Å²) in [4.78, 5) is 11.6. The topological polar surface area (TPSA) is 49.3 Å². The van der Waals surface area contributed by atoms with Gasteiger partial charge in [-0.25, -0.2) is 0 Å². The molecule has 3 nitrogen and oxygen atoms in total. The van der Waals surface area contributed by atoms with E-state index < -0.39 is 0 Å². The molecule has 3 heteroatoms. The Morgan fingerprint density at radius 3 is 2.35 bits per heavy atom. The molecule has 2 unspecified atom stereocenters. The number of fused-ring (bicyclic) bond motifs is 5. The summed E-state index contributed by atoms with van der Waals surface area (Å²) >= 11 is 0. The Hall–Kier alpha value is -0.410. The van der Waals surface area contributed by atoms with E-state index in [0.717, 1.165) is 25.2 Å². The molecule has 2 N–H and O–H groups in total. The van der Waals surface area contributed by atoms with Crippen molar-refractivity contribution >= 4 is 5.78 Å². The first-order valence-corrected chi connectivity index (χ1v) is 13.5. The summed E-state index contributed by atoms with van der Waals surface area (Å²) in [6.45, 7) is 13.8. The maximum atomic E-state index is 11.6. The van der Waals surface area contributed by atoms with Crippen LogP contribution in [0, 0.1) is 46.3 Å². The van der Waals surface area contributed by atoms with Gasteiger partial charge in [0, 0.05) is 18.5 Å².